The lowest BCUT2D eigenvalue weighted by molar-refractivity contribution is -0.154. The van der Waals surface area contributed by atoms with Gasteiger partial charge in [0.25, 0.3) is 0 Å². The van der Waals surface area contributed by atoms with Crippen molar-refractivity contribution in [3.05, 3.63) is 49.2 Å². The molecule has 3 aliphatic rings. The third-order valence-corrected chi connectivity index (χ3v) is 7.63. The van der Waals surface area contributed by atoms with E-state index in [4.69, 9.17) is 19.2 Å². The number of rotatable bonds is 13. The highest BCUT2D eigenvalue weighted by molar-refractivity contribution is 6.03. The van der Waals surface area contributed by atoms with Gasteiger partial charge < -0.3 is 29.3 Å². The zero-order chi connectivity index (χ0) is 31.1. The number of amides is 2. The van der Waals surface area contributed by atoms with E-state index in [0.717, 1.165) is 24.3 Å². The number of hydrogen-bond acceptors (Lipinski definition) is 8. The third kappa shape index (κ3) is 8.56. The molecule has 0 saturated carbocycles. The summed E-state index contributed by atoms with van der Waals surface area (Å²) in [5.41, 5.74) is 0.0703. The van der Waals surface area contributed by atoms with Crippen molar-refractivity contribution in [2.75, 3.05) is 32.9 Å². The van der Waals surface area contributed by atoms with E-state index >= 15 is 0 Å². The maximum Gasteiger partial charge on any atom is 0.407 e. The van der Waals surface area contributed by atoms with Crippen LogP contribution in [0.5, 0.6) is 0 Å². The number of hydrogen-bond donors (Lipinski definition) is 1. The zero-order valence-electron chi connectivity index (χ0n) is 26.1. The number of alkyl carbamates (subject to hydrolysis) is 1. The Labute approximate surface area is 250 Å². The predicted molar refractivity (Wildman–Crippen MR) is 163 cm³/mol. The molecule has 1 fully saturated rings. The number of likely N-dealkylation sites (tertiary alicyclic amines) is 1. The molecule has 1 N–H and O–H groups in total. The number of carbonyl (C=O) groups excluding carboxylic acids is 3. The van der Waals surface area contributed by atoms with Gasteiger partial charge in [-0.1, -0.05) is 53.3 Å². The summed E-state index contributed by atoms with van der Waals surface area (Å²) in [6.45, 7) is 20.6. The van der Waals surface area contributed by atoms with Gasteiger partial charge in [-0.05, 0) is 42.7 Å². The number of aliphatic imine (C=N–C) groups is 1. The molecule has 10 nitrogen and oxygen atoms in total. The van der Waals surface area contributed by atoms with Gasteiger partial charge >= 0.3 is 12.1 Å². The van der Waals surface area contributed by atoms with Crippen molar-refractivity contribution < 1.29 is 28.6 Å². The average molecular weight is 585 g/mol. The second-order valence-electron chi connectivity index (χ2n) is 12.9. The molecule has 42 heavy (non-hydrogen) atoms. The molecule has 2 amide bonds. The molecule has 0 spiro atoms. The Hall–Kier alpha value is -3.40. The summed E-state index contributed by atoms with van der Waals surface area (Å²) in [6, 6.07) is -1.83. The second kappa shape index (κ2) is 14.2. The molecule has 10 heteroatoms. The van der Waals surface area contributed by atoms with E-state index in [9.17, 15) is 14.4 Å². The van der Waals surface area contributed by atoms with Crippen LogP contribution in [0.4, 0.5) is 4.79 Å². The molecule has 0 aromatic carbocycles. The third-order valence-electron chi connectivity index (χ3n) is 7.63. The Morgan fingerprint density at radius 1 is 1.17 bits per heavy atom. The maximum absolute atomic E-state index is 14.0. The van der Waals surface area contributed by atoms with Gasteiger partial charge in [-0.25, -0.2) is 9.59 Å². The Balaban J connectivity index is 1.68. The summed E-state index contributed by atoms with van der Waals surface area (Å²) in [4.78, 5) is 48.1. The number of allylic oxidation sites excluding steroid dienone is 3. The first kappa shape index (κ1) is 33.1. The van der Waals surface area contributed by atoms with Crippen LogP contribution in [0.2, 0.25) is 0 Å². The van der Waals surface area contributed by atoms with E-state index in [0.29, 0.717) is 19.6 Å². The van der Waals surface area contributed by atoms with Crippen molar-refractivity contribution in [2.45, 2.75) is 85.0 Å². The van der Waals surface area contributed by atoms with Gasteiger partial charge in [0.05, 0.1) is 32.0 Å². The van der Waals surface area contributed by atoms with Crippen molar-refractivity contribution in [1.82, 2.24) is 15.1 Å². The van der Waals surface area contributed by atoms with Gasteiger partial charge in [-0.15, -0.1) is 6.58 Å². The molecule has 232 valence electrons. The maximum atomic E-state index is 14.0. The van der Waals surface area contributed by atoms with Gasteiger partial charge in [0, 0.05) is 31.3 Å². The number of nitrogens with zero attached hydrogens (tertiary/aromatic N) is 3. The first-order valence-electron chi connectivity index (χ1n) is 14.8. The fourth-order valence-electron chi connectivity index (χ4n) is 5.22. The molecule has 0 bridgehead atoms. The van der Waals surface area contributed by atoms with Crippen LogP contribution in [0.1, 0.15) is 60.8 Å². The molecule has 1 unspecified atom stereocenters. The number of esters is 1. The Morgan fingerprint density at radius 3 is 2.55 bits per heavy atom. The number of ether oxygens (including phenoxy) is 3. The molecule has 0 aliphatic carbocycles. The van der Waals surface area contributed by atoms with E-state index < -0.39 is 29.6 Å². The van der Waals surface area contributed by atoms with Gasteiger partial charge in [0.15, 0.2) is 0 Å². The van der Waals surface area contributed by atoms with Crippen LogP contribution in [0.3, 0.4) is 0 Å². The van der Waals surface area contributed by atoms with Gasteiger partial charge in [0.2, 0.25) is 5.91 Å². The lowest BCUT2D eigenvalue weighted by atomic mass is 9.85. The summed E-state index contributed by atoms with van der Waals surface area (Å²) in [6.07, 6.45) is 10.4. The zero-order valence-corrected chi connectivity index (χ0v) is 26.1. The fourth-order valence-corrected chi connectivity index (χ4v) is 5.22. The summed E-state index contributed by atoms with van der Waals surface area (Å²) in [5.74, 6) is 0.00255. The topological polar surface area (TPSA) is 110 Å². The summed E-state index contributed by atoms with van der Waals surface area (Å²) >= 11 is 0. The molecular weight excluding hydrogens is 536 g/mol. The van der Waals surface area contributed by atoms with Crippen molar-refractivity contribution in [1.29, 1.82) is 0 Å². The summed E-state index contributed by atoms with van der Waals surface area (Å²) < 4.78 is 17.1. The van der Waals surface area contributed by atoms with Crippen LogP contribution in [0.25, 0.3) is 0 Å². The smallest absolute Gasteiger partial charge is 0.407 e. The lowest BCUT2D eigenvalue weighted by Crippen LogP contribution is -2.57. The Morgan fingerprint density at radius 2 is 1.90 bits per heavy atom. The average Bonchev–Trinajstić information content (AvgIpc) is 3.56. The Kier molecular flexibility index (Phi) is 11.2. The van der Waals surface area contributed by atoms with E-state index in [1.165, 1.54) is 4.90 Å². The number of amidine groups is 1. The predicted octanol–water partition coefficient (Wildman–Crippen LogP) is 4.39. The first-order valence-corrected chi connectivity index (χ1v) is 14.8. The van der Waals surface area contributed by atoms with Crippen molar-refractivity contribution in [3.8, 4) is 0 Å². The molecule has 0 aromatic rings. The highest BCUT2D eigenvalue weighted by Crippen LogP contribution is 2.29. The summed E-state index contributed by atoms with van der Waals surface area (Å²) in [5, 5.41) is 2.78. The largest absolute Gasteiger partial charge is 0.464 e. The van der Waals surface area contributed by atoms with E-state index in [1.54, 1.807) is 13.0 Å². The van der Waals surface area contributed by atoms with Gasteiger partial charge in [0.1, 0.15) is 17.9 Å². The number of carbonyl (C=O) groups is 3. The van der Waals surface area contributed by atoms with Crippen LogP contribution in [-0.2, 0) is 23.8 Å². The molecule has 3 aliphatic heterocycles. The molecule has 1 saturated heterocycles. The second-order valence-corrected chi connectivity index (χ2v) is 12.9. The van der Waals surface area contributed by atoms with E-state index in [1.807, 2.05) is 59.0 Å². The molecule has 3 heterocycles. The molecular formula is C32H48N4O6. The van der Waals surface area contributed by atoms with E-state index in [-0.39, 0.29) is 43.2 Å². The van der Waals surface area contributed by atoms with Crippen LogP contribution in [-0.4, -0.2) is 90.7 Å². The van der Waals surface area contributed by atoms with E-state index in [2.05, 4.69) is 23.4 Å². The first-order chi connectivity index (χ1) is 19.8. The molecule has 0 radical (unpaired) electrons. The number of fused-ring (bicyclic) bond motifs is 1. The minimum absolute atomic E-state index is 0.0913. The standard InChI is InChI=1S/C32H48N4O6/c1-9-12-15-32(7,8)21-42-30(39)34-26(31(4,5)6)28(37)36-19-24(17-25(36)29(38)40-11-3)41-20-23-18-35-16-13-14-22(10-2)27(35)33-23/h9-10,13-14,16,23-26H,1-2,11-12,15,17-21H2,3-8H3,(H,34,39)/t23?,24-,25+,26-/m1/s1. The van der Waals surface area contributed by atoms with Crippen molar-refractivity contribution in [3.63, 3.8) is 0 Å². The van der Waals surface area contributed by atoms with Crippen LogP contribution in [0, 0.1) is 10.8 Å². The van der Waals surface area contributed by atoms with Crippen molar-refractivity contribution >= 4 is 23.8 Å². The van der Waals surface area contributed by atoms with Crippen molar-refractivity contribution in [2.24, 2.45) is 15.8 Å². The highest BCUT2D eigenvalue weighted by Gasteiger charge is 2.46. The molecule has 4 atom stereocenters. The van der Waals surface area contributed by atoms with Crippen LogP contribution >= 0.6 is 0 Å². The highest BCUT2D eigenvalue weighted by atomic mass is 16.6. The van der Waals surface area contributed by atoms with Crippen LogP contribution in [0.15, 0.2) is 54.2 Å². The van der Waals surface area contributed by atoms with Crippen LogP contribution < -0.4 is 5.32 Å². The molecule has 0 aromatic heterocycles. The summed E-state index contributed by atoms with van der Waals surface area (Å²) in [7, 11) is 0. The minimum Gasteiger partial charge on any atom is -0.464 e. The monoisotopic (exact) mass is 584 g/mol. The SMILES string of the molecule is C=CCCC(C)(C)COC(=O)N[C@H](C(=O)N1C[C@H](OCC2CN3C=CC=C(C=C)C3=N2)C[C@H]1C(=O)OCC)C(C)(C)C. The van der Waals surface area contributed by atoms with Gasteiger partial charge in [-0.2, -0.15) is 0 Å². The minimum atomic E-state index is -0.926. The number of nitrogens with one attached hydrogen (secondary N) is 1. The normalized spacial score (nSPS) is 22.6. The lowest BCUT2D eigenvalue weighted by Gasteiger charge is -2.35. The Bertz CT molecular complexity index is 1120. The molecule has 3 rings (SSSR count). The van der Waals surface area contributed by atoms with Gasteiger partial charge in [-0.3, -0.25) is 9.79 Å². The quantitative estimate of drug-likeness (QED) is 0.253. The fraction of sp³-hybridized carbons (Fsp3) is 0.625.